The molecule has 0 bridgehead atoms. The van der Waals surface area contributed by atoms with Crippen LogP contribution in [-0.2, 0) is 11.2 Å². The fraction of sp³-hybridized carbons (Fsp3) is 0.444. The lowest BCUT2D eigenvalue weighted by atomic mass is 10.2. The molecule has 0 atom stereocenters. The third-order valence-corrected chi connectivity index (χ3v) is 1.79. The SMILES string of the molecule is CC(C)n1cncc(CC=O)c1=O. The molecule has 0 aliphatic rings. The van der Waals surface area contributed by atoms with Gasteiger partial charge >= 0.3 is 0 Å². The van der Waals surface area contributed by atoms with Crippen LogP contribution in [0.3, 0.4) is 0 Å². The van der Waals surface area contributed by atoms with Crippen LogP contribution >= 0.6 is 0 Å². The molecule has 0 aromatic carbocycles. The molecule has 0 amide bonds. The van der Waals surface area contributed by atoms with E-state index in [1.54, 1.807) is 0 Å². The van der Waals surface area contributed by atoms with E-state index in [0.29, 0.717) is 11.8 Å². The summed E-state index contributed by atoms with van der Waals surface area (Å²) >= 11 is 0. The summed E-state index contributed by atoms with van der Waals surface area (Å²) in [5, 5.41) is 0. The lowest BCUT2D eigenvalue weighted by Gasteiger charge is -2.08. The topological polar surface area (TPSA) is 52.0 Å². The third kappa shape index (κ3) is 2.02. The first kappa shape index (κ1) is 9.64. The second-order valence-electron chi connectivity index (χ2n) is 3.10. The van der Waals surface area contributed by atoms with Crippen molar-refractivity contribution in [2.24, 2.45) is 0 Å². The van der Waals surface area contributed by atoms with Crippen LogP contribution in [0.2, 0.25) is 0 Å². The molecule has 4 heteroatoms. The summed E-state index contributed by atoms with van der Waals surface area (Å²) in [6.45, 7) is 3.79. The van der Waals surface area contributed by atoms with E-state index in [4.69, 9.17) is 0 Å². The summed E-state index contributed by atoms with van der Waals surface area (Å²) < 4.78 is 1.51. The van der Waals surface area contributed by atoms with Crippen LogP contribution in [0.4, 0.5) is 0 Å². The van der Waals surface area contributed by atoms with Crippen molar-refractivity contribution < 1.29 is 4.79 Å². The summed E-state index contributed by atoms with van der Waals surface area (Å²) in [6.07, 6.45) is 3.78. The fourth-order valence-electron chi connectivity index (χ4n) is 1.07. The molecular weight excluding hydrogens is 168 g/mol. The predicted octanol–water partition coefficient (Wildman–Crippen LogP) is 0.566. The molecule has 1 heterocycles. The maximum absolute atomic E-state index is 11.6. The number of nitrogens with zero attached hydrogens (tertiary/aromatic N) is 2. The van der Waals surface area contributed by atoms with Gasteiger partial charge in [0.2, 0.25) is 0 Å². The Morgan fingerprint density at radius 2 is 2.31 bits per heavy atom. The van der Waals surface area contributed by atoms with Crippen LogP contribution in [0.1, 0.15) is 25.5 Å². The van der Waals surface area contributed by atoms with Crippen molar-refractivity contribution in [3.63, 3.8) is 0 Å². The van der Waals surface area contributed by atoms with Gasteiger partial charge in [-0.3, -0.25) is 9.36 Å². The Balaban J connectivity index is 3.18. The molecular formula is C9H12N2O2. The Bertz CT molecular complexity index is 355. The number of aromatic nitrogens is 2. The summed E-state index contributed by atoms with van der Waals surface area (Å²) in [7, 11) is 0. The number of hydrogen-bond acceptors (Lipinski definition) is 3. The minimum absolute atomic E-state index is 0.0756. The number of carbonyl (C=O) groups excluding carboxylic acids is 1. The molecule has 0 unspecified atom stereocenters. The van der Waals surface area contributed by atoms with E-state index in [0.717, 1.165) is 0 Å². The fourth-order valence-corrected chi connectivity index (χ4v) is 1.07. The van der Waals surface area contributed by atoms with Gasteiger partial charge in [0.1, 0.15) is 6.29 Å². The summed E-state index contributed by atoms with van der Waals surface area (Å²) in [4.78, 5) is 25.7. The second-order valence-corrected chi connectivity index (χ2v) is 3.10. The van der Waals surface area contributed by atoms with Crippen molar-refractivity contribution >= 4 is 6.29 Å². The van der Waals surface area contributed by atoms with Crippen molar-refractivity contribution in [2.75, 3.05) is 0 Å². The second kappa shape index (κ2) is 3.98. The summed E-state index contributed by atoms with van der Waals surface area (Å²) in [6, 6.07) is 0.0756. The Labute approximate surface area is 76.2 Å². The summed E-state index contributed by atoms with van der Waals surface area (Å²) in [5.41, 5.74) is 0.323. The third-order valence-electron chi connectivity index (χ3n) is 1.79. The maximum Gasteiger partial charge on any atom is 0.257 e. The van der Waals surface area contributed by atoms with E-state index in [9.17, 15) is 9.59 Å². The van der Waals surface area contributed by atoms with E-state index in [1.807, 2.05) is 13.8 Å². The van der Waals surface area contributed by atoms with Crippen LogP contribution in [0.15, 0.2) is 17.3 Å². The minimum Gasteiger partial charge on any atom is -0.303 e. The molecule has 0 aliphatic carbocycles. The Morgan fingerprint density at radius 1 is 1.62 bits per heavy atom. The first-order chi connectivity index (χ1) is 6.16. The van der Waals surface area contributed by atoms with E-state index in [-0.39, 0.29) is 18.0 Å². The van der Waals surface area contributed by atoms with E-state index >= 15 is 0 Å². The van der Waals surface area contributed by atoms with Gasteiger partial charge in [0.15, 0.2) is 0 Å². The van der Waals surface area contributed by atoms with Gasteiger partial charge in [-0.15, -0.1) is 0 Å². The van der Waals surface area contributed by atoms with Gasteiger partial charge in [-0.05, 0) is 13.8 Å². The zero-order valence-corrected chi connectivity index (χ0v) is 7.73. The largest absolute Gasteiger partial charge is 0.303 e. The highest BCUT2D eigenvalue weighted by molar-refractivity contribution is 5.54. The number of aldehydes is 1. The number of rotatable bonds is 3. The molecule has 0 fully saturated rings. The molecule has 0 N–H and O–H groups in total. The molecule has 0 saturated heterocycles. The van der Waals surface area contributed by atoms with Crippen molar-refractivity contribution in [2.45, 2.75) is 26.3 Å². The molecule has 0 saturated carbocycles. The first-order valence-corrected chi connectivity index (χ1v) is 4.15. The molecule has 4 nitrogen and oxygen atoms in total. The van der Waals surface area contributed by atoms with Crippen LogP contribution < -0.4 is 5.56 Å². The monoisotopic (exact) mass is 180 g/mol. The lowest BCUT2D eigenvalue weighted by molar-refractivity contribution is -0.107. The highest BCUT2D eigenvalue weighted by Crippen LogP contribution is 1.98. The van der Waals surface area contributed by atoms with E-state index in [1.165, 1.54) is 17.1 Å². The average Bonchev–Trinajstić information content (AvgIpc) is 2.08. The van der Waals surface area contributed by atoms with Gasteiger partial charge in [0.05, 0.1) is 6.33 Å². The van der Waals surface area contributed by atoms with Crippen molar-refractivity contribution in [3.8, 4) is 0 Å². The van der Waals surface area contributed by atoms with Crippen LogP contribution in [0.5, 0.6) is 0 Å². The Kier molecular flexibility index (Phi) is 2.95. The molecule has 1 rings (SSSR count). The standard InChI is InChI=1S/C9H12N2O2/c1-7(2)11-6-10-5-8(3-4-12)9(11)13/h4-7H,3H2,1-2H3. The summed E-state index contributed by atoms with van der Waals surface area (Å²) in [5.74, 6) is 0. The highest BCUT2D eigenvalue weighted by atomic mass is 16.1. The van der Waals surface area contributed by atoms with Crippen molar-refractivity contribution in [1.29, 1.82) is 0 Å². The normalized spacial score (nSPS) is 10.4. The molecule has 0 spiro atoms. The smallest absolute Gasteiger partial charge is 0.257 e. The van der Waals surface area contributed by atoms with E-state index in [2.05, 4.69) is 4.98 Å². The van der Waals surface area contributed by atoms with Crippen LogP contribution in [0, 0.1) is 0 Å². The zero-order valence-electron chi connectivity index (χ0n) is 7.73. The van der Waals surface area contributed by atoms with Crippen LogP contribution in [-0.4, -0.2) is 15.8 Å². The zero-order chi connectivity index (χ0) is 9.84. The average molecular weight is 180 g/mol. The minimum atomic E-state index is -0.128. The molecule has 1 aromatic rings. The van der Waals surface area contributed by atoms with Gasteiger partial charge < -0.3 is 4.79 Å². The quantitative estimate of drug-likeness (QED) is 0.639. The molecule has 0 radical (unpaired) electrons. The molecule has 70 valence electrons. The number of hydrogen-bond donors (Lipinski definition) is 0. The lowest BCUT2D eigenvalue weighted by Crippen LogP contribution is -2.25. The molecule has 1 aromatic heterocycles. The van der Waals surface area contributed by atoms with Gasteiger partial charge in [-0.2, -0.15) is 0 Å². The van der Waals surface area contributed by atoms with Crippen molar-refractivity contribution in [1.82, 2.24) is 9.55 Å². The molecule has 13 heavy (non-hydrogen) atoms. The van der Waals surface area contributed by atoms with Crippen LogP contribution in [0.25, 0.3) is 0 Å². The maximum atomic E-state index is 11.6. The predicted molar refractivity (Wildman–Crippen MR) is 48.7 cm³/mol. The van der Waals surface area contributed by atoms with Crippen molar-refractivity contribution in [3.05, 3.63) is 28.4 Å². The number of carbonyl (C=O) groups is 1. The van der Waals surface area contributed by atoms with Gasteiger partial charge in [0, 0.05) is 24.2 Å². The highest BCUT2D eigenvalue weighted by Gasteiger charge is 2.05. The Hall–Kier alpha value is -1.45. The Morgan fingerprint density at radius 3 is 2.85 bits per heavy atom. The molecule has 0 aliphatic heterocycles. The van der Waals surface area contributed by atoms with E-state index < -0.39 is 0 Å². The van der Waals surface area contributed by atoms with Gasteiger partial charge in [0.25, 0.3) is 5.56 Å². The van der Waals surface area contributed by atoms with Gasteiger partial charge in [-0.25, -0.2) is 4.98 Å². The first-order valence-electron chi connectivity index (χ1n) is 4.15. The van der Waals surface area contributed by atoms with Gasteiger partial charge in [-0.1, -0.05) is 0 Å².